The molecule has 5 rings (SSSR count). The first-order valence-corrected chi connectivity index (χ1v) is 11.5. The van der Waals surface area contributed by atoms with Crippen LogP contribution in [0.1, 0.15) is 40.9 Å². The number of halogens is 1. The third-order valence-electron chi connectivity index (χ3n) is 6.58. The summed E-state index contributed by atoms with van der Waals surface area (Å²) in [6, 6.07) is 6.09. The first-order valence-electron chi connectivity index (χ1n) is 11.5. The van der Waals surface area contributed by atoms with E-state index in [1.807, 2.05) is 23.1 Å². The Balaban J connectivity index is 1.38. The van der Waals surface area contributed by atoms with Crippen molar-refractivity contribution in [3.05, 3.63) is 83.0 Å². The van der Waals surface area contributed by atoms with E-state index in [2.05, 4.69) is 34.9 Å². The summed E-state index contributed by atoms with van der Waals surface area (Å²) in [6.07, 6.45) is 11.8. The van der Waals surface area contributed by atoms with Crippen LogP contribution in [0.15, 0.2) is 71.2 Å². The molecular weight excluding hydrogens is 415 g/mol. The first-order chi connectivity index (χ1) is 16.0. The van der Waals surface area contributed by atoms with Crippen LogP contribution in [0.3, 0.4) is 0 Å². The quantitative estimate of drug-likeness (QED) is 0.594. The van der Waals surface area contributed by atoms with Crippen LogP contribution in [-0.4, -0.2) is 45.7 Å². The molecule has 1 atom stereocenters. The number of nitrogens with zero attached hydrogens (tertiary/aromatic N) is 4. The summed E-state index contributed by atoms with van der Waals surface area (Å²) in [5.41, 5.74) is 6.51. The van der Waals surface area contributed by atoms with E-state index in [0.29, 0.717) is 42.5 Å². The Morgan fingerprint density at radius 2 is 1.97 bits per heavy atom. The van der Waals surface area contributed by atoms with Crippen molar-refractivity contribution in [2.75, 3.05) is 13.1 Å². The number of aromatic nitrogens is 2. The molecule has 0 saturated heterocycles. The molecule has 1 saturated carbocycles. The van der Waals surface area contributed by atoms with Gasteiger partial charge in [-0.1, -0.05) is 24.3 Å². The van der Waals surface area contributed by atoms with E-state index in [1.54, 1.807) is 24.7 Å². The summed E-state index contributed by atoms with van der Waals surface area (Å²) in [4.78, 5) is 28.8. The van der Waals surface area contributed by atoms with Gasteiger partial charge in [-0.3, -0.25) is 14.8 Å². The molecule has 1 aromatic heterocycles. The number of alkyl halides is 1. The van der Waals surface area contributed by atoms with Crippen LogP contribution >= 0.6 is 0 Å². The van der Waals surface area contributed by atoms with Gasteiger partial charge in [0, 0.05) is 42.8 Å². The molecule has 33 heavy (non-hydrogen) atoms. The third-order valence-corrected chi connectivity index (χ3v) is 6.58. The molecule has 2 heterocycles. The fraction of sp³-hybridized carbons (Fsp3) is 0.333. The lowest BCUT2D eigenvalue weighted by Crippen LogP contribution is -2.35. The second kappa shape index (κ2) is 8.85. The average Bonchev–Trinajstić information content (AvgIpc) is 3.55. The van der Waals surface area contributed by atoms with Crippen LogP contribution in [-0.2, 0) is 0 Å². The van der Waals surface area contributed by atoms with Crippen molar-refractivity contribution in [2.45, 2.75) is 39.3 Å². The molecule has 0 radical (unpaired) electrons. The van der Waals surface area contributed by atoms with Gasteiger partial charge >= 0.3 is 0 Å². The number of carbonyl (C=O) groups excluding carboxylic acids is 1. The Bertz CT molecular complexity index is 1220. The van der Waals surface area contributed by atoms with Crippen LogP contribution in [0.2, 0.25) is 0 Å². The van der Waals surface area contributed by atoms with Gasteiger partial charge in [-0.05, 0) is 67.9 Å². The highest BCUT2D eigenvalue weighted by Gasteiger charge is 2.31. The number of fused-ring (bicyclic) bond motifs is 1. The SMILES string of the molecule is Cc1ccc(-c2nccnc2C(=O)N(CCC2=CN=C3C2=CC=CC3F)CC2CC2)cc1C. The number of benzene rings is 1. The zero-order valence-corrected chi connectivity index (χ0v) is 19.0. The molecule has 5 nitrogen and oxygen atoms in total. The maximum Gasteiger partial charge on any atom is 0.274 e. The smallest absolute Gasteiger partial charge is 0.274 e. The molecular formula is C27H27FN4O. The van der Waals surface area contributed by atoms with E-state index in [1.165, 1.54) is 11.6 Å². The minimum absolute atomic E-state index is 0.108. The highest BCUT2D eigenvalue weighted by atomic mass is 19.1. The van der Waals surface area contributed by atoms with Crippen molar-refractivity contribution >= 4 is 11.6 Å². The number of amides is 1. The van der Waals surface area contributed by atoms with Crippen molar-refractivity contribution in [1.29, 1.82) is 0 Å². The standard InChI is InChI=1S/C27H27FN4O/c1-17-6-9-20(14-18(17)2)24-26(30-12-11-29-24)27(33)32(16-19-7-8-19)13-10-21-15-31-25-22(21)4-3-5-23(25)28/h3-6,9,11-12,14-15,19,23H,7-8,10,13,16H2,1-2H3. The Labute approximate surface area is 193 Å². The van der Waals surface area contributed by atoms with Crippen LogP contribution in [0, 0.1) is 19.8 Å². The largest absolute Gasteiger partial charge is 0.337 e. The van der Waals surface area contributed by atoms with Crippen molar-refractivity contribution in [2.24, 2.45) is 10.9 Å². The lowest BCUT2D eigenvalue weighted by Gasteiger charge is -2.24. The number of rotatable bonds is 7. The molecule has 1 amide bonds. The fourth-order valence-corrected chi connectivity index (χ4v) is 4.29. The van der Waals surface area contributed by atoms with Crippen LogP contribution in [0.25, 0.3) is 11.3 Å². The minimum Gasteiger partial charge on any atom is -0.337 e. The van der Waals surface area contributed by atoms with E-state index in [9.17, 15) is 9.18 Å². The summed E-state index contributed by atoms with van der Waals surface area (Å²) in [7, 11) is 0. The number of aliphatic imine (C=N–C) groups is 1. The Kier molecular flexibility index (Phi) is 5.75. The molecule has 1 aliphatic heterocycles. The number of carbonyl (C=O) groups is 1. The van der Waals surface area contributed by atoms with E-state index in [4.69, 9.17) is 0 Å². The number of aryl methyl sites for hydroxylation is 2. The average molecular weight is 443 g/mol. The Morgan fingerprint density at radius 3 is 2.76 bits per heavy atom. The first kappa shape index (κ1) is 21.4. The van der Waals surface area contributed by atoms with Gasteiger partial charge < -0.3 is 4.90 Å². The summed E-state index contributed by atoms with van der Waals surface area (Å²) in [5.74, 6) is 0.427. The zero-order valence-electron chi connectivity index (χ0n) is 19.0. The fourth-order valence-electron chi connectivity index (χ4n) is 4.29. The van der Waals surface area contributed by atoms with Gasteiger partial charge in [-0.15, -0.1) is 0 Å². The maximum atomic E-state index is 14.1. The molecule has 2 aromatic rings. The Hall–Kier alpha value is -3.41. The molecule has 168 valence electrons. The lowest BCUT2D eigenvalue weighted by molar-refractivity contribution is 0.0744. The topological polar surface area (TPSA) is 58.5 Å². The second-order valence-electron chi connectivity index (χ2n) is 9.03. The highest BCUT2D eigenvalue weighted by Crippen LogP contribution is 2.33. The molecule has 2 aliphatic carbocycles. The summed E-state index contributed by atoms with van der Waals surface area (Å²) in [5, 5.41) is 0. The van der Waals surface area contributed by atoms with E-state index >= 15 is 0 Å². The summed E-state index contributed by atoms with van der Waals surface area (Å²) >= 11 is 0. The molecule has 1 fully saturated rings. The maximum absolute atomic E-state index is 14.1. The predicted octanol–water partition coefficient (Wildman–Crippen LogP) is 5.18. The van der Waals surface area contributed by atoms with Crippen LogP contribution < -0.4 is 0 Å². The van der Waals surface area contributed by atoms with Gasteiger partial charge in [0.15, 0.2) is 11.9 Å². The third kappa shape index (κ3) is 4.42. The Morgan fingerprint density at radius 1 is 1.15 bits per heavy atom. The van der Waals surface area contributed by atoms with E-state index in [0.717, 1.165) is 35.1 Å². The van der Waals surface area contributed by atoms with Crippen molar-refractivity contribution in [3.8, 4) is 11.3 Å². The molecule has 1 unspecified atom stereocenters. The van der Waals surface area contributed by atoms with Gasteiger partial charge in [0.25, 0.3) is 5.91 Å². The molecule has 0 N–H and O–H groups in total. The monoisotopic (exact) mass is 442 g/mol. The van der Waals surface area contributed by atoms with Gasteiger partial charge in [0.05, 0.1) is 5.71 Å². The van der Waals surface area contributed by atoms with E-state index < -0.39 is 6.17 Å². The molecule has 0 bridgehead atoms. The van der Waals surface area contributed by atoms with E-state index in [-0.39, 0.29) is 5.91 Å². The number of hydrogen-bond acceptors (Lipinski definition) is 4. The normalized spacial score (nSPS) is 19.0. The van der Waals surface area contributed by atoms with Gasteiger partial charge in [0.1, 0.15) is 5.69 Å². The van der Waals surface area contributed by atoms with Crippen molar-refractivity contribution < 1.29 is 9.18 Å². The molecule has 3 aliphatic rings. The molecule has 0 spiro atoms. The van der Waals surface area contributed by atoms with Gasteiger partial charge in [-0.2, -0.15) is 0 Å². The van der Waals surface area contributed by atoms with Crippen LogP contribution in [0.5, 0.6) is 0 Å². The summed E-state index contributed by atoms with van der Waals surface area (Å²) < 4.78 is 14.1. The second-order valence-corrected chi connectivity index (χ2v) is 9.03. The number of hydrogen-bond donors (Lipinski definition) is 0. The predicted molar refractivity (Wildman–Crippen MR) is 128 cm³/mol. The summed E-state index contributed by atoms with van der Waals surface area (Å²) in [6.45, 7) is 5.35. The minimum atomic E-state index is -1.16. The van der Waals surface area contributed by atoms with Crippen molar-refractivity contribution in [3.63, 3.8) is 0 Å². The van der Waals surface area contributed by atoms with Gasteiger partial charge in [-0.25, -0.2) is 9.37 Å². The van der Waals surface area contributed by atoms with Crippen molar-refractivity contribution in [1.82, 2.24) is 14.9 Å². The van der Waals surface area contributed by atoms with Gasteiger partial charge in [0.2, 0.25) is 0 Å². The van der Waals surface area contributed by atoms with Crippen LogP contribution in [0.4, 0.5) is 4.39 Å². The highest BCUT2D eigenvalue weighted by molar-refractivity contribution is 6.11. The zero-order chi connectivity index (χ0) is 22.9. The number of allylic oxidation sites excluding steroid dienone is 4. The molecule has 1 aromatic carbocycles. The lowest BCUT2D eigenvalue weighted by atomic mass is 9.94. The molecule has 6 heteroatoms.